The van der Waals surface area contributed by atoms with Crippen molar-refractivity contribution in [1.82, 2.24) is 0 Å². The summed E-state index contributed by atoms with van der Waals surface area (Å²) in [4.78, 5) is 13.5. The molecule has 25 heavy (non-hydrogen) atoms. The van der Waals surface area contributed by atoms with E-state index in [2.05, 4.69) is 0 Å². The molecule has 0 N–H and O–H groups in total. The monoisotopic (exact) mass is 374 g/mol. The number of carbonyl (C=O) groups is 1. The number of hydrogen-bond donors (Lipinski definition) is 0. The lowest BCUT2D eigenvalue weighted by molar-refractivity contribution is 0.102. The van der Waals surface area contributed by atoms with Gasteiger partial charge in [-0.05, 0) is 48.4 Å². The van der Waals surface area contributed by atoms with Crippen molar-refractivity contribution in [3.05, 3.63) is 65.3 Å². The van der Waals surface area contributed by atoms with Gasteiger partial charge in [0.2, 0.25) is 0 Å². The smallest absolute Gasteiger partial charge is 0.175 e. The van der Waals surface area contributed by atoms with Crippen molar-refractivity contribution >= 4 is 27.0 Å². The summed E-state index contributed by atoms with van der Waals surface area (Å²) < 4.78 is 36.4. The Kier molecular flexibility index (Phi) is 4.58. The molecule has 3 rings (SSSR count). The highest BCUT2D eigenvalue weighted by atomic mass is 32.2. The first-order valence-corrected chi connectivity index (χ1v) is 10.2. The Labute approximate surface area is 149 Å². The van der Waals surface area contributed by atoms with Crippen LogP contribution in [0.2, 0.25) is 0 Å². The van der Waals surface area contributed by atoms with E-state index < -0.39 is 9.84 Å². The van der Waals surface area contributed by atoms with Gasteiger partial charge in [0.05, 0.1) is 9.77 Å². The molecule has 128 valence electrons. The van der Waals surface area contributed by atoms with Crippen molar-refractivity contribution in [1.29, 1.82) is 0 Å². The van der Waals surface area contributed by atoms with Gasteiger partial charge in [0.25, 0.3) is 0 Å². The lowest BCUT2D eigenvalue weighted by Crippen LogP contribution is -1.96. The zero-order chi connectivity index (χ0) is 18.2. The standard InChI is InChI=1S/C19H15FO3S2/c1-12(21)18-11-17(13-5-9-16(10-6-13)25(2,22)23)19(24-18)14-3-7-15(20)8-4-14/h3-11H,1-2H3. The SMILES string of the molecule is CC(=O)c1cc(-c2ccc(S(C)(=O)=O)cc2)c(-c2ccc(F)cc2)s1. The summed E-state index contributed by atoms with van der Waals surface area (Å²) in [6.45, 7) is 1.50. The minimum atomic E-state index is -3.27. The predicted octanol–water partition coefficient (Wildman–Crippen LogP) is 4.83. The first kappa shape index (κ1) is 17.5. The molecule has 0 aliphatic heterocycles. The number of ketones is 1. The fourth-order valence-electron chi connectivity index (χ4n) is 2.48. The first-order chi connectivity index (χ1) is 11.8. The molecule has 0 unspecified atom stereocenters. The van der Waals surface area contributed by atoms with Gasteiger partial charge in [0, 0.05) is 16.7 Å². The molecule has 0 amide bonds. The third-order valence-corrected chi connectivity index (χ3v) is 6.19. The summed E-state index contributed by atoms with van der Waals surface area (Å²) in [6, 6.07) is 14.4. The topological polar surface area (TPSA) is 51.2 Å². The Bertz CT molecular complexity index is 1030. The second-order valence-corrected chi connectivity index (χ2v) is 8.78. The Hall–Kier alpha value is -2.31. The Morgan fingerprint density at radius 3 is 2.04 bits per heavy atom. The van der Waals surface area contributed by atoms with E-state index in [1.807, 2.05) is 0 Å². The molecule has 0 spiro atoms. The van der Waals surface area contributed by atoms with Gasteiger partial charge in [-0.3, -0.25) is 4.79 Å². The van der Waals surface area contributed by atoms with Gasteiger partial charge >= 0.3 is 0 Å². The lowest BCUT2D eigenvalue weighted by atomic mass is 10.0. The van der Waals surface area contributed by atoms with Gasteiger partial charge in [0.15, 0.2) is 15.6 Å². The van der Waals surface area contributed by atoms with E-state index in [9.17, 15) is 17.6 Å². The van der Waals surface area contributed by atoms with Gasteiger partial charge in [-0.1, -0.05) is 24.3 Å². The van der Waals surface area contributed by atoms with Crippen LogP contribution in [0.3, 0.4) is 0 Å². The molecule has 1 heterocycles. The molecular formula is C19H15FO3S2. The van der Waals surface area contributed by atoms with Gasteiger partial charge in [-0.15, -0.1) is 11.3 Å². The van der Waals surface area contributed by atoms with E-state index in [0.717, 1.165) is 27.8 Å². The number of halogens is 1. The van der Waals surface area contributed by atoms with E-state index in [1.165, 1.54) is 30.4 Å². The molecule has 6 heteroatoms. The highest BCUT2D eigenvalue weighted by Gasteiger charge is 2.16. The Balaban J connectivity index is 2.14. The molecule has 3 aromatic rings. The molecule has 0 atom stereocenters. The number of thiophene rings is 1. The third kappa shape index (κ3) is 3.70. The third-order valence-electron chi connectivity index (χ3n) is 3.78. The van der Waals surface area contributed by atoms with Gasteiger partial charge in [-0.2, -0.15) is 0 Å². The zero-order valence-corrected chi connectivity index (χ0v) is 15.2. The quantitative estimate of drug-likeness (QED) is 0.615. The van der Waals surface area contributed by atoms with Crippen LogP contribution in [-0.4, -0.2) is 20.5 Å². The summed E-state index contributed by atoms with van der Waals surface area (Å²) in [7, 11) is -3.27. The molecule has 1 aromatic heterocycles. The molecule has 0 aliphatic carbocycles. The summed E-state index contributed by atoms with van der Waals surface area (Å²) in [5.74, 6) is -0.376. The second-order valence-electron chi connectivity index (χ2n) is 5.71. The van der Waals surface area contributed by atoms with Crippen molar-refractivity contribution in [2.75, 3.05) is 6.26 Å². The van der Waals surface area contributed by atoms with E-state index in [0.29, 0.717) is 4.88 Å². The van der Waals surface area contributed by atoms with Crippen LogP contribution < -0.4 is 0 Å². The number of carbonyl (C=O) groups excluding carboxylic acids is 1. The molecular weight excluding hydrogens is 359 g/mol. The minimum Gasteiger partial charge on any atom is -0.294 e. The number of hydrogen-bond acceptors (Lipinski definition) is 4. The Morgan fingerprint density at radius 2 is 1.52 bits per heavy atom. The average Bonchev–Trinajstić information content (AvgIpc) is 3.00. The minimum absolute atomic E-state index is 0.0487. The van der Waals surface area contributed by atoms with Crippen LogP contribution in [0.1, 0.15) is 16.6 Å². The van der Waals surface area contributed by atoms with Gasteiger partial charge in [0.1, 0.15) is 5.82 Å². The van der Waals surface area contributed by atoms with Crippen molar-refractivity contribution < 1.29 is 17.6 Å². The number of sulfone groups is 1. The maximum absolute atomic E-state index is 13.2. The van der Waals surface area contributed by atoms with E-state index in [-0.39, 0.29) is 16.5 Å². The number of benzene rings is 2. The lowest BCUT2D eigenvalue weighted by Gasteiger charge is -2.06. The largest absolute Gasteiger partial charge is 0.294 e. The fraction of sp³-hybridized carbons (Fsp3) is 0.105. The van der Waals surface area contributed by atoms with E-state index in [4.69, 9.17) is 0 Å². The average molecular weight is 374 g/mol. The van der Waals surface area contributed by atoms with Crippen molar-refractivity contribution in [2.24, 2.45) is 0 Å². The van der Waals surface area contributed by atoms with Crippen LogP contribution in [0.25, 0.3) is 21.6 Å². The molecule has 0 aliphatic rings. The van der Waals surface area contributed by atoms with Gasteiger partial charge < -0.3 is 0 Å². The summed E-state index contributed by atoms with van der Waals surface area (Å²) in [5.41, 5.74) is 2.43. The molecule has 0 saturated heterocycles. The summed E-state index contributed by atoms with van der Waals surface area (Å²) in [6.07, 6.45) is 1.16. The van der Waals surface area contributed by atoms with Gasteiger partial charge in [-0.25, -0.2) is 12.8 Å². The zero-order valence-electron chi connectivity index (χ0n) is 13.6. The first-order valence-electron chi connectivity index (χ1n) is 7.47. The van der Waals surface area contributed by atoms with Crippen LogP contribution in [0.4, 0.5) is 4.39 Å². The van der Waals surface area contributed by atoms with Crippen LogP contribution in [0.15, 0.2) is 59.5 Å². The molecule has 0 saturated carbocycles. The van der Waals surface area contributed by atoms with Crippen molar-refractivity contribution in [2.45, 2.75) is 11.8 Å². The molecule has 2 aromatic carbocycles. The summed E-state index contributed by atoms with van der Waals surface area (Å²) >= 11 is 1.34. The molecule has 0 fully saturated rings. The fourth-order valence-corrected chi connectivity index (χ4v) is 4.19. The van der Waals surface area contributed by atoms with Crippen LogP contribution in [-0.2, 0) is 9.84 Å². The van der Waals surface area contributed by atoms with E-state index >= 15 is 0 Å². The number of rotatable bonds is 4. The highest BCUT2D eigenvalue weighted by molar-refractivity contribution is 7.90. The van der Waals surface area contributed by atoms with Crippen LogP contribution in [0.5, 0.6) is 0 Å². The molecule has 3 nitrogen and oxygen atoms in total. The molecule has 0 radical (unpaired) electrons. The molecule has 0 bridgehead atoms. The second kappa shape index (κ2) is 6.54. The van der Waals surface area contributed by atoms with E-state index in [1.54, 1.807) is 42.5 Å². The maximum atomic E-state index is 13.2. The summed E-state index contributed by atoms with van der Waals surface area (Å²) in [5, 5.41) is 0. The normalized spacial score (nSPS) is 11.5. The van der Waals surface area contributed by atoms with Crippen LogP contribution >= 0.6 is 11.3 Å². The Morgan fingerprint density at radius 1 is 0.960 bits per heavy atom. The number of Topliss-reactive ketones (excluding diaryl/α,β-unsaturated/α-hetero) is 1. The maximum Gasteiger partial charge on any atom is 0.175 e. The predicted molar refractivity (Wildman–Crippen MR) is 98.3 cm³/mol. The van der Waals surface area contributed by atoms with Crippen LogP contribution in [0, 0.1) is 5.82 Å². The van der Waals surface area contributed by atoms with Crippen molar-refractivity contribution in [3.63, 3.8) is 0 Å². The van der Waals surface area contributed by atoms with Crippen molar-refractivity contribution in [3.8, 4) is 21.6 Å². The highest BCUT2D eigenvalue weighted by Crippen LogP contribution is 2.39.